The Bertz CT molecular complexity index is 1400. The van der Waals surface area contributed by atoms with E-state index in [4.69, 9.17) is 33.5 Å². The summed E-state index contributed by atoms with van der Waals surface area (Å²) in [4.78, 5) is -0.677. The first kappa shape index (κ1) is 23.4. The van der Waals surface area contributed by atoms with Crippen molar-refractivity contribution >= 4 is 49.8 Å². The predicted octanol–water partition coefficient (Wildman–Crippen LogP) is 5.09. The van der Waals surface area contributed by atoms with Crippen LogP contribution >= 0.6 is 23.2 Å². The molecule has 0 aliphatic carbocycles. The van der Waals surface area contributed by atoms with Crippen LogP contribution in [-0.4, -0.2) is 30.4 Å². The number of para-hydroxylation sites is 1. The van der Waals surface area contributed by atoms with Gasteiger partial charge < -0.3 is 14.8 Å². The Hall–Kier alpha value is -2.73. The molecule has 0 radical (unpaired) electrons. The van der Waals surface area contributed by atoms with Crippen LogP contribution in [0.15, 0.2) is 64.3 Å². The third-order valence-electron chi connectivity index (χ3n) is 4.88. The number of anilines is 1. The van der Waals surface area contributed by atoms with Gasteiger partial charge in [-0.25, -0.2) is 8.42 Å². The molecule has 174 valence electrons. The monoisotopic (exact) mass is 518 g/mol. The number of nitrogens with two attached hydrogens (primary N) is 1. The summed E-state index contributed by atoms with van der Waals surface area (Å²) in [5, 5.41) is 4.12. The molecule has 0 aliphatic rings. The van der Waals surface area contributed by atoms with Crippen molar-refractivity contribution in [2.24, 2.45) is 0 Å². The van der Waals surface area contributed by atoms with Gasteiger partial charge in [-0.2, -0.15) is 17.9 Å². The van der Waals surface area contributed by atoms with E-state index < -0.39 is 38.7 Å². The van der Waals surface area contributed by atoms with Crippen molar-refractivity contribution in [3.05, 3.63) is 65.0 Å². The summed E-state index contributed by atoms with van der Waals surface area (Å²) in [6.45, 7) is -0.758. The number of hydrogen-bond acceptors (Lipinski definition) is 5. The topological polar surface area (TPSA) is 103 Å². The number of nitrogen functional groups attached to an aromatic ring is 1. The number of rotatable bonds is 6. The van der Waals surface area contributed by atoms with Gasteiger partial charge >= 0.3 is 6.18 Å². The molecule has 13 heteroatoms. The standard InChI is InChI=1S/C20H15Cl2F3N4O3S/c21-11-7-14(22)19(15(26)8-11)33(30,31)28-18(20(23,24)25)10-29-9-13(16-5-6-32-27-16)12-3-1-2-4-17(12)29/h1-9,18,28H,10,26H2. The van der Waals surface area contributed by atoms with Crippen LogP contribution in [0.3, 0.4) is 0 Å². The quantitative estimate of drug-likeness (QED) is 0.346. The van der Waals surface area contributed by atoms with Crippen LogP contribution in [0.1, 0.15) is 0 Å². The van der Waals surface area contributed by atoms with Gasteiger partial charge in [0.15, 0.2) is 0 Å². The Morgan fingerprint density at radius 1 is 1.18 bits per heavy atom. The maximum absolute atomic E-state index is 13.9. The summed E-state index contributed by atoms with van der Waals surface area (Å²) in [6.07, 6.45) is -2.13. The highest BCUT2D eigenvalue weighted by Crippen LogP contribution is 2.34. The number of fused-ring (bicyclic) bond motifs is 1. The van der Waals surface area contributed by atoms with E-state index in [-0.39, 0.29) is 10.7 Å². The van der Waals surface area contributed by atoms with Crippen LogP contribution in [0.25, 0.3) is 22.2 Å². The highest BCUT2D eigenvalue weighted by Gasteiger charge is 2.43. The van der Waals surface area contributed by atoms with Gasteiger partial charge in [0.2, 0.25) is 10.0 Å². The van der Waals surface area contributed by atoms with Crippen LogP contribution in [0, 0.1) is 0 Å². The van der Waals surface area contributed by atoms with Crippen molar-refractivity contribution in [3.8, 4) is 11.3 Å². The molecule has 0 spiro atoms. The predicted molar refractivity (Wildman–Crippen MR) is 118 cm³/mol. The molecule has 2 aromatic heterocycles. The molecule has 0 saturated carbocycles. The summed E-state index contributed by atoms with van der Waals surface area (Å²) in [7, 11) is -4.76. The molecule has 1 atom stereocenters. The molecular weight excluding hydrogens is 504 g/mol. The van der Waals surface area contributed by atoms with E-state index >= 15 is 0 Å². The molecule has 2 heterocycles. The smallest absolute Gasteiger partial charge is 0.398 e. The first-order valence-corrected chi connectivity index (χ1v) is 11.5. The van der Waals surface area contributed by atoms with Crippen molar-refractivity contribution in [3.63, 3.8) is 0 Å². The average Bonchev–Trinajstić information content (AvgIpc) is 3.34. The summed E-state index contributed by atoms with van der Waals surface area (Å²) in [5.74, 6) is 0. The zero-order valence-corrected chi connectivity index (χ0v) is 18.8. The molecule has 7 nitrogen and oxygen atoms in total. The first-order valence-electron chi connectivity index (χ1n) is 9.29. The zero-order valence-electron chi connectivity index (χ0n) is 16.5. The van der Waals surface area contributed by atoms with E-state index in [0.717, 1.165) is 12.1 Å². The molecule has 4 aromatic rings. The number of aromatic nitrogens is 2. The number of nitrogens with zero attached hydrogens (tertiary/aromatic N) is 2. The minimum absolute atomic E-state index is 0.0445. The van der Waals surface area contributed by atoms with Crippen LogP contribution in [0.5, 0.6) is 0 Å². The molecule has 0 fully saturated rings. The Labute approximate surface area is 195 Å². The molecule has 0 bridgehead atoms. The van der Waals surface area contributed by atoms with E-state index in [1.807, 2.05) is 0 Å². The lowest BCUT2D eigenvalue weighted by molar-refractivity contribution is -0.154. The Balaban J connectivity index is 1.75. The van der Waals surface area contributed by atoms with Gasteiger partial charge in [0.25, 0.3) is 0 Å². The molecule has 3 N–H and O–H groups in total. The molecule has 0 saturated heterocycles. The van der Waals surface area contributed by atoms with Gasteiger partial charge in [-0.15, -0.1) is 0 Å². The second-order valence-corrected chi connectivity index (χ2v) is 9.61. The lowest BCUT2D eigenvalue weighted by Gasteiger charge is -2.23. The van der Waals surface area contributed by atoms with E-state index in [1.165, 1.54) is 17.0 Å². The number of sulfonamides is 1. The van der Waals surface area contributed by atoms with E-state index in [2.05, 4.69) is 5.16 Å². The average molecular weight is 519 g/mol. The second kappa shape index (κ2) is 8.56. The number of benzene rings is 2. The molecule has 33 heavy (non-hydrogen) atoms. The maximum atomic E-state index is 13.9. The summed E-state index contributed by atoms with van der Waals surface area (Å²) in [6, 6.07) is 7.98. The van der Waals surface area contributed by atoms with E-state index in [0.29, 0.717) is 22.2 Å². The highest BCUT2D eigenvalue weighted by atomic mass is 35.5. The first-order chi connectivity index (χ1) is 15.5. The van der Waals surface area contributed by atoms with Crippen LogP contribution in [0.4, 0.5) is 18.9 Å². The lowest BCUT2D eigenvalue weighted by Crippen LogP contribution is -2.48. The van der Waals surface area contributed by atoms with Crippen LogP contribution < -0.4 is 10.5 Å². The zero-order chi connectivity index (χ0) is 24.0. The fourth-order valence-corrected chi connectivity index (χ4v) is 5.67. The molecule has 1 unspecified atom stereocenters. The van der Waals surface area contributed by atoms with E-state index in [1.54, 1.807) is 35.1 Å². The summed E-state index contributed by atoms with van der Waals surface area (Å²) < 4.78 is 75.3. The Morgan fingerprint density at radius 3 is 2.55 bits per heavy atom. The summed E-state index contributed by atoms with van der Waals surface area (Å²) in [5.41, 5.74) is 6.73. The third-order valence-corrected chi connectivity index (χ3v) is 7.10. The van der Waals surface area contributed by atoms with Crippen molar-refractivity contribution in [2.75, 3.05) is 5.73 Å². The molecule has 0 aliphatic heterocycles. The van der Waals surface area contributed by atoms with Crippen LogP contribution in [-0.2, 0) is 16.6 Å². The molecule has 0 amide bonds. The van der Waals surface area contributed by atoms with Gasteiger partial charge in [-0.3, -0.25) is 0 Å². The van der Waals surface area contributed by atoms with E-state index in [9.17, 15) is 21.6 Å². The Kier molecular flexibility index (Phi) is 6.08. The maximum Gasteiger partial charge on any atom is 0.406 e. The third kappa shape index (κ3) is 4.67. The number of nitrogens with one attached hydrogen (secondary N) is 1. The minimum Gasteiger partial charge on any atom is -0.398 e. The van der Waals surface area contributed by atoms with Gasteiger partial charge in [-0.1, -0.05) is 46.6 Å². The molecule has 4 rings (SSSR count). The second-order valence-electron chi connectivity index (χ2n) is 7.12. The van der Waals surface area contributed by atoms with Gasteiger partial charge in [0.05, 0.1) is 10.7 Å². The number of hydrogen-bond donors (Lipinski definition) is 2. The fourth-order valence-electron chi connectivity index (χ4n) is 3.47. The van der Waals surface area contributed by atoms with Crippen molar-refractivity contribution in [1.82, 2.24) is 14.4 Å². The number of alkyl halides is 3. The highest BCUT2D eigenvalue weighted by molar-refractivity contribution is 7.89. The Morgan fingerprint density at radius 2 is 1.91 bits per heavy atom. The lowest BCUT2D eigenvalue weighted by atomic mass is 10.1. The van der Waals surface area contributed by atoms with Crippen molar-refractivity contribution in [1.29, 1.82) is 0 Å². The SMILES string of the molecule is Nc1cc(Cl)cc(Cl)c1S(=O)(=O)NC(Cn1cc(-c2ccon2)c2ccccc21)C(F)(F)F. The minimum atomic E-state index is -4.93. The van der Waals surface area contributed by atoms with Gasteiger partial charge in [-0.05, 0) is 18.2 Å². The normalized spacial score (nSPS) is 13.5. The largest absolute Gasteiger partial charge is 0.406 e. The molecular formula is C20H15Cl2F3N4O3S. The summed E-state index contributed by atoms with van der Waals surface area (Å²) >= 11 is 11.7. The van der Waals surface area contributed by atoms with Crippen molar-refractivity contribution < 1.29 is 26.1 Å². The molecule has 2 aromatic carbocycles. The van der Waals surface area contributed by atoms with Gasteiger partial charge in [0, 0.05) is 40.3 Å². The fraction of sp³-hybridized carbons (Fsp3) is 0.150. The van der Waals surface area contributed by atoms with Gasteiger partial charge in [0.1, 0.15) is 22.9 Å². The van der Waals surface area contributed by atoms with Crippen molar-refractivity contribution in [2.45, 2.75) is 23.7 Å². The van der Waals surface area contributed by atoms with Crippen LogP contribution in [0.2, 0.25) is 10.0 Å². The number of halogens is 5.